The number of hydrogen-bond donors (Lipinski definition) is 1. The van der Waals surface area contributed by atoms with E-state index in [1.807, 2.05) is 13.9 Å². The summed E-state index contributed by atoms with van der Waals surface area (Å²) in [5.41, 5.74) is 6.14. The molecule has 0 aliphatic heterocycles. The molecule has 0 bridgehead atoms. The molecule has 0 radical (unpaired) electrons. The molecule has 1 aromatic heterocycles. The SMILES string of the molecule is Bc1ccc(N)nn1. The molecular formula is C4H6BN3. The number of nitrogens with zero attached hydrogens (tertiary/aromatic N) is 2. The van der Waals surface area contributed by atoms with Gasteiger partial charge < -0.3 is 5.73 Å². The smallest absolute Gasteiger partial charge is 0.166 e. The van der Waals surface area contributed by atoms with E-state index in [2.05, 4.69) is 10.2 Å². The molecule has 0 saturated carbocycles. The van der Waals surface area contributed by atoms with Crippen molar-refractivity contribution >= 4 is 19.3 Å². The first-order valence-electron chi connectivity index (χ1n) is 2.35. The molecular weight excluding hydrogens is 101 g/mol. The van der Waals surface area contributed by atoms with Crippen molar-refractivity contribution in [1.82, 2.24) is 10.2 Å². The van der Waals surface area contributed by atoms with Crippen LogP contribution in [-0.2, 0) is 0 Å². The Balaban J connectivity index is 3.03. The van der Waals surface area contributed by atoms with Crippen LogP contribution in [0.1, 0.15) is 0 Å². The highest BCUT2D eigenvalue weighted by atomic mass is 15.1. The standard InChI is InChI=1S/C4H6BN3/c5-3-1-2-4(6)8-7-3/h1-2H,5H2,(H2,6,8). The van der Waals surface area contributed by atoms with Crippen molar-refractivity contribution in [2.45, 2.75) is 0 Å². The summed E-state index contributed by atoms with van der Waals surface area (Å²) in [6.07, 6.45) is 0. The normalized spacial score (nSPS) is 9.00. The lowest BCUT2D eigenvalue weighted by Crippen LogP contribution is -2.09. The zero-order valence-electron chi connectivity index (χ0n) is 4.63. The summed E-state index contributed by atoms with van der Waals surface area (Å²) in [6, 6.07) is 3.55. The topological polar surface area (TPSA) is 51.8 Å². The second-order valence-electron chi connectivity index (χ2n) is 1.60. The average molecular weight is 107 g/mol. The largest absolute Gasteiger partial charge is 0.382 e. The fourth-order valence-electron chi connectivity index (χ4n) is 0.409. The molecule has 0 spiro atoms. The maximum Gasteiger partial charge on any atom is 0.166 e. The van der Waals surface area contributed by atoms with E-state index in [1.54, 1.807) is 6.07 Å². The van der Waals surface area contributed by atoms with Crippen LogP contribution in [-0.4, -0.2) is 18.0 Å². The second kappa shape index (κ2) is 1.82. The molecule has 0 amide bonds. The molecule has 8 heavy (non-hydrogen) atoms. The monoisotopic (exact) mass is 107 g/mol. The van der Waals surface area contributed by atoms with Crippen LogP contribution in [0.25, 0.3) is 0 Å². The van der Waals surface area contributed by atoms with Gasteiger partial charge >= 0.3 is 0 Å². The Morgan fingerprint density at radius 2 is 2.12 bits per heavy atom. The van der Waals surface area contributed by atoms with Crippen molar-refractivity contribution < 1.29 is 0 Å². The first kappa shape index (κ1) is 5.09. The molecule has 0 fully saturated rings. The van der Waals surface area contributed by atoms with Gasteiger partial charge in [-0.2, -0.15) is 5.10 Å². The molecule has 40 valence electrons. The van der Waals surface area contributed by atoms with Gasteiger partial charge in [0.25, 0.3) is 0 Å². The molecule has 1 rings (SSSR count). The Morgan fingerprint density at radius 1 is 1.38 bits per heavy atom. The molecule has 4 heteroatoms. The molecule has 0 aromatic carbocycles. The Hall–Kier alpha value is -1.06. The van der Waals surface area contributed by atoms with Crippen LogP contribution in [0, 0.1) is 0 Å². The number of anilines is 1. The minimum Gasteiger partial charge on any atom is -0.382 e. The Bertz CT molecular complexity index is 150. The third kappa shape index (κ3) is 0.962. The molecule has 0 atom stereocenters. The second-order valence-corrected chi connectivity index (χ2v) is 1.60. The molecule has 2 N–H and O–H groups in total. The van der Waals surface area contributed by atoms with Crippen LogP contribution < -0.4 is 11.3 Å². The van der Waals surface area contributed by atoms with Gasteiger partial charge in [0.1, 0.15) is 5.82 Å². The minimum atomic E-state index is 0.468. The van der Waals surface area contributed by atoms with Crippen molar-refractivity contribution in [3.63, 3.8) is 0 Å². The van der Waals surface area contributed by atoms with Crippen molar-refractivity contribution in [3.05, 3.63) is 12.1 Å². The van der Waals surface area contributed by atoms with Gasteiger partial charge in [0.05, 0.1) is 0 Å². The molecule has 0 aliphatic carbocycles. The first-order chi connectivity index (χ1) is 3.79. The van der Waals surface area contributed by atoms with Crippen LogP contribution in [0.3, 0.4) is 0 Å². The van der Waals surface area contributed by atoms with Gasteiger partial charge in [0.15, 0.2) is 7.85 Å². The zero-order chi connectivity index (χ0) is 5.98. The lowest BCUT2D eigenvalue weighted by atomic mass is 10.1. The van der Waals surface area contributed by atoms with E-state index < -0.39 is 0 Å². The number of hydrogen-bond acceptors (Lipinski definition) is 3. The third-order valence-electron chi connectivity index (χ3n) is 0.819. The van der Waals surface area contributed by atoms with Gasteiger partial charge in [-0.25, -0.2) is 0 Å². The summed E-state index contributed by atoms with van der Waals surface area (Å²) < 4.78 is 0. The number of nitrogen functional groups attached to an aromatic ring is 1. The van der Waals surface area contributed by atoms with Gasteiger partial charge in [0, 0.05) is 5.59 Å². The van der Waals surface area contributed by atoms with E-state index >= 15 is 0 Å². The molecule has 0 unspecified atom stereocenters. The quantitative estimate of drug-likeness (QED) is 0.402. The molecule has 3 nitrogen and oxygen atoms in total. The van der Waals surface area contributed by atoms with E-state index in [0.717, 1.165) is 5.59 Å². The Labute approximate surface area is 48.3 Å². The molecule has 1 aromatic rings. The highest BCUT2D eigenvalue weighted by molar-refractivity contribution is 6.30. The van der Waals surface area contributed by atoms with E-state index in [-0.39, 0.29) is 0 Å². The Morgan fingerprint density at radius 3 is 2.50 bits per heavy atom. The summed E-state index contributed by atoms with van der Waals surface area (Å²) >= 11 is 0. The third-order valence-corrected chi connectivity index (χ3v) is 0.819. The molecule has 0 saturated heterocycles. The Kier molecular flexibility index (Phi) is 1.16. The van der Waals surface area contributed by atoms with Gasteiger partial charge in [-0.05, 0) is 12.1 Å². The van der Waals surface area contributed by atoms with Gasteiger partial charge in [-0.3, -0.25) is 0 Å². The molecule has 1 heterocycles. The summed E-state index contributed by atoms with van der Waals surface area (Å²) in [4.78, 5) is 0. The maximum absolute atomic E-state index is 5.25. The number of rotatable bonds is 0. The van der Waals surface area contributed by atoms with E-state index in [0.29, 0.717) is 5.82 Å². The van der Waals surface area contributed by atoms with Crippen molar-refractivity contribution in [3.8, 4) is 0 Å². The minimum absolute atomic E-state index is 0.468. The van der Waals surface area contributed by atoms with Crippen LogP contribution in [0.15, 0.2) is 12.1 Å². The van der Waals surface area contributed by atoms with Crippen LogP contribution in [0.2, 0.25) is 0 Å². The zero-order valence-corrected chi connectivity index (χ0v) is 4.63. The fraction of sp³-hybridized carbons (Fsp3) is 0. The van der Waals surface area contributed by atoms with E-state index in [1.165, 1.54) is 0 Å². The average Bonchev–Trinajstić information content (AvgIpc) is 1.77. The van der Waals surface area contributed by atoms with Crippen molar-refractivity contribution in [2.75, 3.05) is 5.73 Å². The number of nitrogens with two attached hydrogens (primary N) is 1. The summed E-state index contributed by atoms with van der Waals surface area (Å²) in [6.45, 7) is 0. The van der Waals surface area contributed by atoms with Crippen LogP contribution >= 0.6 is 0 Å². The van der Waals surface area contributed by atoms with Gasteiger partial charge in [-0.1, -0.05) is 0 Å². The van der Waals surface area contributed by atoms with Crippen molar-refractivity contribution in [2.24, 2.45) is 0 Å². The fourth-order valence-corrected chi connectivity index (χ4v) is 0.409. The maximum atomic E-state index is 5.25. The lowest BCUT2D eigenvalue weighted by Gasteiger charge is -1.88. The van der Waals surface area contributed by atoms with Gasteiger partial charge in [-0.15, -0.1) is 5.10 Å². The van der Waals surface area contributed by atoms with Gasteiger partial charge in [0.2, 0.25) is 0 Å². The molecule has 0 aliphatic rings. The van der Waals surface area contributed by atoms with Crippen LogP contribution in [0.4, 0.5) is 5.82 Å². The summed E-state index contributed by atoms with van der Waals surface area (Å²) in [5.74, 6) is 0.468. The highest BCUT2D eigenvalue weighted by Gasteiger charge is 1.83. The first-order valence-corrected chi connectivity index (χ1v) is 2.35. The predicted molar refractivity (Wildman–Crippen MR) is 34.6 cm³/mol. The van der Waals surface area contributed by atoms with Crippen molar-refractivity contribution in [1.29, 1.82) is 0 Å². The van der Waals surface area contributed by atoms with E-state index in [4.69, 9.17) is 5.73 Å². The summed E-state index contributed by atoms with van der Waals surface area (Å²) in [5, 5.41) is 7.31. The van der Waals surface area contributed by atoms with E-state index in [9.17, 15) is 0 Å². The predicted octanol–water partition coefficient (Wildman–Crippen LogP) is -1.68. The van der Waals surface area contributed by atoms with Crippen LogP contribution in [0.5, 0.6) is 0 Å². The number of aromatic nitrogens is 2. The lowest BCUT2D eigenvalue weighted by molar-refractivity contribution is 1.07. The summed E-state index contributed by atoms with van der Waals surface area (Å²) in [7, 11) is 1.87. The highest BCUT2D eigenvalue weighted by Crippen LogP contribution is 1.84.